The first-order chi connectivity index (χ1) is 10.4. The maximum absolute atomic E-state index is 12.3. The lowest BCUT2D eigenvalue weighted by Crippen LogP contribution is -2.41. The molecule has 0 aromatic heterocycles. The molecule has 2 amide bonds. The van der Waals surface area contributed by atoms with Crippen molar-refractivity contribution in [1.82, 2.24) is 4.90 Å². The van der Waals surface area contributed by atoms with Gasteiger partial charge in [-0.25, -0.2) is 4.79 Å². The predicted octanol–water partition coefficient (Wildman–Crippen LogP) is 2.45. The Morgan fingerprint density at radius 2 is 2.05 bits per heavy atom. The van der Waals surface area contributed by atoms with E-state index in [1.807, 2.05) is 6.92 Å². The van der Waals surface area contributed by atoms with Crippen molar-refractivity contribution in [3.8, 4) is 0 Å². The highest BCUT2D eigenvalue weighted by molar-refractivity contribution is 5.91. The molecular weight excluding hydrogens is 286 g/mol. The van der Waals surface area contributed by atoms with Crippen LogP contribution in [0.1, 0.15) is 24.0 Å². The van der Waals surface area contributed by atoms with Crippen LogP contribution in [0.25, 0.3) is 0 Å². The number of aryl methyl sites for hydroxylation is 1. The molecule has 22 heavy (non-hydrogen) atoms. The summed E-state index contributed by atoms with van der Waals surface area (Å²) in [5.74, 6) is 0.255. The van der Waals surface area contributed by atoms with Gasteiger partial charge in [0.25, 0.3) is 5.69 Å². The highest BCUT2D eigenvalue weighted by Crippen LogP contribution is 2.29. The zero-order chi connectivity index (χ0) is 16.3. The molecule has 1 aliphatic heterocycles. The number of carbonyl (C=O) groups is 1. The van der Waals surface area contributed by atoms with Crippen molar-refractivity contribution in [1.29, 1.82) is 0 Å². The van der Waals surface area contributed by atoms with Gasteiger partial charge in [-0.3, -0.25) is 10.1 Å². The molecule has 1 aromatic rings. The van der Waals surface area contributed by atoms with Crippen LogP contribution in [0, 0.1) is 29.9 Å². The third-order valence-corrected chi connectivity index (χ3v) is 4.23. The molecule has 2 N–H and O–H groups in total. The molecule has 120 valence electrons. The first kappa shape index (κ1) is 16.2. The number of carbonyl (C=O) groups excluding carboxylic acids is 1. The lowest BCUT2D eigenvalue weighted by atomic mass is 9.98. The van der Waals surface area contributed by atoms with E-state index in [1.54, 1.807) is 17.9 Å². The molecule has 0 aliphatic carbocycles. The zero-order valence-electron chi connectivity index (χ0n) is 12.8. The Morgan fingerprint density at radius 1 is 1.41 bits per heavy atom. The number of piperidine rings is 1. The summed E-state index contributed by atoms with van der Waals surface area (Å²) in [5.41, 5.74) is 1.76. The van der Waals surface area contributed by atoms with Gasteiger partial charge in [0.1, 0.15) is 0 Å². The van der Waals surface area contributed by atoms with Gasteiger partial charge in [0.2, 0.25) is 0 Å². The van der Waals surface area contributed by atoms with E-state index in [0.29, 0.717) is 24.3 Å². The van der Waals surface area contributed by atoms with Crippen LogP contribution in [0.3, 0.4) is 0 Å². The van der Waals surface area contributed by atoms with Crippen LogP contribution in [0.4, 0.5) is 16.2 Å². The highest BCUT2D eigenvalue weighted by atomic mass is 16.6. The number of nitro groups is 1. The Kier molecular flexibility index (Phi) is 4.97. The van der Waals surface area contributed by atoms with E-state index < -0.39 is 4.92 Å². The fourth-order valence-electron chi connectivity index (χ4n) is 2.73. The van der Waals surface area contributed by atoms with Gasteiger partial charge in [-0.2, -0.15) is 0 Å². The van der Waals surface area contributed by atoms with Crippen molar-refractivity contribution in [2.24, 2.45) is 5.92 Å². The van der Waals surface area contributed by atoms with E-state index in [2.05, 4.69) is 5.32 Å². The zero-order valence-corrected chi connectivity index (χ0v) is 12.8. The first-order valence-electron chi connectivity index (χ1n) is 7.35. The number of rotatable bonds is 3. The second kappa shape index (κ2) is 6.74. The van der Waals surface area contributed by atoms with Crippen molar-refractivity contribution in [2.45, 2.75) is 26.7 Å². The molecule has 1 aliphatic rings. The standard InChI is InChI=1S/C15H21N3O4/c1-10-3-4-13(18(21)22)11(2)14(10)16-15(20)17-7-5-12(9-19)6-8-17/h3-4,12,19H,5-9H2,1-2H3,(H,16,20). The molecule has 1 aromatic carbocycles. The van der Waals surface area contributed by atoms with Crippen LogP contribution in [0.2, 0.25) is 0 Å². The monoisotopic (exact) mass is 307 g/mol. The fraction of sp³-hybridized carbons (Fsp3) is 0.533. The number of hydrogen-bond donors (Lipinski definition) is 2. The van der Waals surface area contributed by atoms with Gasteiger partial charge in [0.15, 0.2) is 0 Å². The normalized spacial score (nSPS) is 15.7. The van der Waals surface area contributed by atoms with E-state index in [4.69, 9.17) is 5.11 Å². The van der Waals surface area contributed by atoms with Gasteiger partial charge >= 0.3 is 6.03 Å². The maximum atomic E-state index is 12.3. The molecule has 7 nitrogen and oxygen atoms in total. The molecule has 1 saturated heterocycles. The summed E-state index contributed by atoms with van der Waals surface area (Å²) in [5, 5.41) is 22.9. The number of hydrogen-bond acceptors (Lipinski definition) is 4. The minimum absolute atomic E-state index is 0.000103. The van der Waals surface area contributed by atoms with Crippen molar-refractivity contribution in [3.05, 3.63) is 33.4 Å². The first-order valence-corrected chi connectivity index (χ1v) is 7.35. The van der Waals surface area contributed by atoms with E-state index in [-0.39, 0.29) is 24.2 Å². The van der Waals surface area contributed by atoms with E-state index in [0.717, 1.165) is 18.4 Å². The van der Waals surface area contributed by atoms with Gasteiger partial charge in [-0.15, -0.1) is 0 Å². The van der Waals surface area contributed by atoms with Crippen LogP contribution in [-0.2, 0) is 0 Å². The van der Waals surface area contributed by atoms with Gasteiger partial charge < -0.3 is 15.3 Å². The molecule has 2 rings (SSSR count). The average Bonchev–Trinajstić information content (AvgIpc) is 2.50. The van der Waals surface area contributed by atoms with Gasteiger partial charge in [-0.1, -0.05) is 6.07 Å². The summed E-state index contributed by atoms with van der Waals surface area (Å²) in [6.45, 7) is 4.77. The fourth-order valence-corrected chi connectivity index (χ4v) is 2.73. The van der Waals surface area contributed by atoms with Crippen LogP contribution in [0.15, 0.2) is 12.1 Å². The van der Waals surface area contributed by atoms with Crippen LogP contribution >= 0.6 is 0 Å². The Labute approximate surface area is 129 Å². The second-order valence-electron chi connectivity index (χ2n) is 5.70. The molecule has 1 heterocycles. The smallest absolute Gasteiger partial charge is 0.321 e. The summed E-state index contributed by atoms with van der Waals surface area (Å²) in [6.07, 6.45) is 1.55. The largest absolute Gasteiger partial charge is 0.396 e. The summed E-state index contributed by atoms with van der Waals surface area (Å²) in [4.78, 5) is 24.6. The van der Waals surface area contributed by atoms with Gasteiger partial charge in [-0.05, 0) is 38.2 Å². The van der Waals surface area contributed by atoms with Crippen molar-refractivity contribution in [2.75, 3.05) is 25.0 Å². The lowest BCUT2D eigenvalue weighted by Gasteiger charge is -2.31. The summed E-state index contributed by atoms with van der Waals surface area (Å²) < 4.78 is 0. The Morgan fingerprint density at radius 3 is 2.59 bits per heavy atom. The minimum Gasteiger partial charge on any atom is -0.396 e. The maximum Gasteiger partial charge on any atom is 0.321 e. The third kappa shape index (κ3) is 3.36. The Bertz CT molecular complexity index is 580. The predicted molar refractivity (Wildman–Crippen MR) is 83.0 cm³/mol. The van der Waals surface area contributed by atoms with E-state index in [1.165, 1.54) is 6.07 Å². The summed E-state index contributed by atoms with van der Waals surface area (Å²) in [7, 11) is 0. The van der Waals surface area contributed by atoms with Crippen molar-refractivity contribution < 1.29 is 14.8 Å². The highest BCUT2D eigenvalue weighted by Gasteiger charge is 2.24. The Balaban J connectivity index is 2.12. The van der Waals surface area contributed by atoms with Crippen LogP contribution in [0.5, 0.6) is 0 Å². The number of benzene rings is 1. The number of nitrogens with one attached hydrogen (secondary N) is 1. The average molecular weight is 307 g/mol. The molecule has 0 unspecified atom stereocenters. The number of anilines is 1. The molecule has 1 fully saturated rings. The summed E-state index contributed by atoms with van der Waals surface area (Å²) in [6, 6.07) is 2.84. The van der Waals surface area contributed by atoms with Gasteiger partial charge in [0.05, 0.1) is 16.2 Å². The van der Waals surface area contributed by atoms with Crippen LogP contribution < -0.4 is 5.32 Å². The molecule has 0 bridgehead atoms. The number of aliphatic hydroxyl groups is 1. The lowest BCUT2D eigenvalue weighted by molar-refractivity contribution is -0.385. The number of likely N-dealkylation sites (tertiary alicyclic amines) is 1. The third-order valence-electron chi connectivity index (χ3n) is 4.23. The van der Waals surface area contributed by atoms with E-state index in [9.17, 15) is 14.9 Å². The number of amides is 2. The second-order valence-corrected chi connectivity index (χ2v) is 5.70. The molecule has 0 spiro atoms. The minimum atomic E-state index is -0.447. The molecule has 0 saturated carbocycles. The topological polar surface area (TPSA) is 95.7 Å². The van der Waals surface area contributed by atoms with Gasteiger partial charge in [0, 0.05) is 25.8 Å². The number of nitro benzene ring substituents is 1. The number of nitrogens with zero attached hydrogens (tertiary/aromatic N) is 2. The summed E-state index contributed by atoms with van der Waals surface area (Å²) >= 11 is 0. The number of urea groups is 1. The quantitative estimate of drug-likeness (QED) is 0.662. The molecular formula is C15H21N3O4. The van der Waals surface area contributed by atoms with Crippen LogP contribution in [-0.4, -0.2) is 40.7 Å². The van der Waals surface area contributed by atoms with E-state index >= 15 is 0 Å². The Hall–Kier alpha value is -2.15. The molecule has 0 radical (unpaired) electrons. The van der Waals surface area contributed by atoms with Crippen molar-refractivity contribution in [3.63, 3.8) is 0 Å². The van der Waals surface area contributed by atoms with Crippen molar-refractivity contribution >= 4 is 17.4 Å². The molecule has 0 atom stereocenters. The molecule has 7 heteroatoms. The number of aliphatic hydroxyl groups excluding tert-OH is 1. The SMILES string of the molecule is Cc1ccc([N+](=O)[O-])c(C)c1NC(=O)N1CCC(CO)CC1.